The second kappa shape index (κ2) is 9.33. The topological polar surface area (TPSA) is 87.3 Å². The number of carbonyl (C=O) groups is 3. The zero-order valence-electron chi connectivity index (χ0n) is 14.5. The molecule has 7 heteroatoms. The summed E-state index contributed by atoms with van der Waals surface area (Å²) in [5, 5.41) is 2.78. The third-order valence-electron chi connectivity index (χ3n) is 3.40. The Kier molecular flexibility index (Phi) is 7.14. The number of benzene rings is 2. The van der Waals surface area contributed by atoms with Crippen LogP contribution in [-0.2, 0) is 4.79 Å². The van der Waals surface area contributed by atoms with Crippen LogP contribution in [-0.4, -0.2) is 17.7 Å². The molecule has 0 spiro atoms. The lowest BCUT2D eigenvalue weighted by atomic mass is 10.1. The molecule has 3 N–H and O–H groups in total. The molecule has 6 nitrogen and oxygen atoms in total. The Bertz CT molecular complexity index is 804. The van der Waals surface area contributed by atoms with Gasteiger partial charge in [-0.05, 0) is 71.0 Å². The van der Waals surface area contributed by atoms with Gasteiger partial charge in [0.1, 0.15) is 0 Å². The molecule has 2 rings (SSSR count). The predicted molar refractivity (Wildman–Crippen MR) is 109 cm³/mol. The van der Waals surface area contributed by atoms with Crippen molar-refractivity contribution in [3.63, 3.8) is 0 Å². The summed E-state index contributed by atoms with van der Waals surface area (Å²) in [5.41, 5.74) is 6.21. The van der Waals surface area contributed by atoms with E-state index in [9.17, 15) is 14.4 Å². The van der Waals surface area contributed by atoms with Crippen LogP contribution in [0.4, 0.5) is 5.69 Å². The summed E-state index contributed by atoms with van der Waals surface area (Å²) >= 11 is 2.11. The number of amides is 3. The van der Waals surface area contributed by atoms with Crippen molar-refractivity contribution < 1.29 is 14.4 Å². The number of hydrogen-bond donors (Lipinski definition) is 3. The molecule has 3 amide bonds. The fourth-order valence-corrected chi connectivity index (χ4v) is 2.72. The van der Waals surface area contributed by atoms with E-state index in [1.165, 1.54) is 0 Å². The molecule has 2 aromatic rings. The van der Waals surface area contributed by atoms with Crippen LogP contribution in [0, 0.1) is 9.49 Å². The fourth-order valence-electron chi connectivity index (χ4n) is 2.18. The van der Waals surface area contributed by atoms with Crippen LogP contribution in [0.5, 0.6) is 0 Å². The van der Waals surface area contributed by atoms with Gasteiger partial charge >= 0.3 is 0 Å². The Hall–Kier alpha value is -2.42. The minimum Gasteiger partial charge on any atom is -0.326 e. The Morgan fingerprint density at radius 3 is 2.12 bits per heavy atom. The molecule has 0 aliphatic heterocycles. The summed E-state index contributed by atoms with van der Waals surface area (Å²) in [7, 11) is 0. The minimum absolute atomic E-state index is 0.0676. The maximum Gasteiger partial charge on any atom is 0.269 e. The molecule has 0 aliphatic rings. The zero-order valence-corrected chi connectivity index (χ0v) is 16.7. The van der Waals surface area contributed by atoms with Gasteiger partial charge in [-0.1, -0.05) is 19.9 Å². The largest absolute Gasteiger partial charge is 0.326 e. The van der Waals surface area contributed by atoms with Gasteiger partial charge in [0.2, 0.25) is 5.91 Å². The second-order valence-electron chi connectivity index (χ2n) is 6.14. The average molecular weight is 465 g/mol. The molecule has 26 heavy (non-hydrogen) atoms. The molecule has 2 aromatic carbocycles. The SMILES string of the molecule is CC(C)CC(=O)Nc1ccc(C(=O)NNC(=O)c2cccc(I)c2)cc1. The summed E-state index contributed by atoms with van der Waals surface area (Å²) in [6.45, 7) is 3.94. The van der Waals surface area contributed by atoms with Crippen molar-refractivity contribution in [1.82, 2.24) is 10.9 Å². The monoisotopic (exact) mass is 465 g/mol. The fraction of sp³-hybridized carbons (Fsp3) is 0.211. The highest BCUT2D eigenvalue weighted by Crippen LogP contribution is 2.11. The van der Waals surface area contributed by atoms with E-state index in [4.69, 9.17) is 0 Å². The van der Waals surface area contributed by atoms with Gasteiger partial charge in [0.15, 0.2) is 0 Å². The number of rotatable bonds is 5. The third-order valence-corrected chi connectivity index (χ3v) is 4.07. The molecule has 0 saturated carbocycles. The predicted octanol–water partition coefficient (Wildman–Crippen LogP) is 3.35. The first-order chi connectivity index (χ1) is 12.3. The standard InChI is InChI=1S/C19H20IN3O3/c1-12(2)10-17(24)21-16-8-6-13(7-9-16)18(25)22-23-19(26)14-4-3-5-15(20)11-14/h3-9,11-12H,10H2,1-2H3,(H,21,24)(H,22,25)(H,23,26). The highest BCUT2D eigenvalue weighted by molar-refractivity contribution is 14.1. The zero-order chi connectivity index (χ0) is 19.1. The van der Waals surface area contributed by atoms with Crippen LogP contribution in [0.3, 0.4) is 0 Å². The number of anilines is 1. The van der Waals surface area contributed by atoms with E-state index in [2.05, 4.69) is 38.8 Å². The average Bonchev–Trinajstić information content (AvgIpc) is 2.59. The molecule has 0 bridgehead atoms. The first-order valence-electron chi connectivity index (χ1n) is 8.11. The van der Waals surface area contributed by atoms with Gasteiger partial charge in [0.25, 0.3) is 11.8 Å². The Morgan fingerprint density at radius 1 is 0.923 bits per heavy atom. The van der Waals surface area contributed by atoms with Crippen molar-refractivity contribution in [2.24, 2.45) is 5.92 Å². The summed E-state index contributed by atoms with van der Waals surface area (Å²) in [5.74, 6) is -0.628. The second-order valence-corrected chi connectivity index (χ2v) is 7.39. The number of hydrazine groups is 1. The highest BCUT2D eigenvalue weighted by Gasteiger charge is 2.10. The molecule has 0 unspecified atom stereocenters. The van der Waals surface area contributed by atoms with Gasteiger partial charge in [0, 0.05) is 26.8 Å². The van der Waals surface area contributed by atoms with Crippen molar-refractivity contribution in [3.8, 4) is 0 Å². The molecule has 0 aromatic heterocycles. The lowest BCUT2D eigenvalue weighted by Crippen LogP contribution is -2.41. The van der Waals surface area contributed by atoms with Crippen molar-refractivity contribution in [1.29, 1.82) is 0 Å². The third kappa shape index (κ3) is 6.14. The smallest absolute Gasteiger partial charge is 0.269 e. The Labute approximate surface area is 165 Å². The van der Waals surface area contributed by atoms with Crippen LogP contribution >= 0.6 is 22.6 Å². The van der Waals surface area contributed by atoms with Crippen molar-refractivity contribution in [3.05, 3.63) is 63.2 Å². The first-order valence-corrected chi connectivity index (χ1v) is 9.19. The molecule has 0 heterocycles. The summed E-state index contributed by atoms with van der Waals surface area (Å²) < 4.78 is 0.927. The number of nitrogens with one attached hydrogen (secondary N) is 3. The number of carbonyl (C=O) groups excluding carboxylic acids is 3. The maximum atomic E-state index is 12.1. The molecule has 0 radical (unpaired) electrons. The van der Waals surface area contributed by atoms with Crippen LogP contribution in [0.25, 0.3) is 0 Å². The Balaban J connectivity index is 1.89. The quantitative estimate of drug-likeness (QED) is 0.468. The van der Waals surface area contributed by atoms with Gasteiger partial charge in [-0.3, -0.25) is 25.2 Å². The van der Waals surface area contributed by atoms with Gasteiger partial charge in [0.05, 0.1) is 0 Å². The van der Waals surface area contributed by atoms with Gasteiger partial charge in [-0.15, -0.1) is 0 Å². The first kappa shape index (κ1) is 19.9. The van der Waals surface area contributed by atoms with Gasteiger partial charge in [-0.25, -0.2) is 0 Å². The van der Waals surface area contributed by atoms with Crippen LogP contribution < -0.4 is 16.2 Å². The van der Waals surface area contributed by atoms with E-state index < -0.39 is 11.8 Å². The lowest BCUT2D eigenvalue weighted by molar-refractivity contribution is -0.116. The Morgan fingerprint density at radius 2 is 1.54 bits per heavy atom. The molecular formula is C19H20IN3O3. The van der Waals surface area contributed by atoms with Crippen molar-refractivity contribution >= 4 is 46.0 Å². The molecular weight excluding hydrogens is 445 g/mol. The minimum atomic E-state index is -0.441. The van der Waals surface area contributed by atoms with Crippen LogP contribution in [0.1, 0.15) is 41.0 Å². The summed E-state index contributed by atoms with van der Waals surface area (Å²) in [6.07, 6.45) is 0.437. The van der Waals surface area contributed by atoms with E-state index >= 15 is 0 Å². The summed E-state index contributed by atoms with van der Waals surface area (Å²) in [4.78, 5) is 35.9. The highest BCUT2D eigenvalue weighted by atomic mass is 127. The van der Waals surface area contributed by atoms with E-state index in [0.29, 0.717) is 23.2 Å². The molecule has 136 valence electrons. The number of hydrogen-bond acceptors (Lipinski definition) is 3. The number of halogens is 1. The van der Waals surface area contributed by atoms with E-state index in [1.807, 2.05) is 19.9 Å². The van der Waals surface area contributed by atoms with Gasteiger partial charge < -0.3 is 5.32 Å². The molecule has 0 atom stereocenters. The van der Waals surface area contributed by atoms with Gasteiger partial charge in [-0.2, -0.15) is 0 Å². The normalized spacial score (nSPS) is 10.3. The van der Waals surface area contributed by atoms with Crippen molar-refractivity contribution in [2.75, 3.05) is 5.32 Å². The summed E-state index contributed by atoms with van der Waals surface area (Å²) in [6, 6.07) is 13.5. The van der Waals surface area contributed by atoms with E-state index in [1.54, 1.807) is 42.5 Å². The molecule has 0 aliphatic carbocycles. The van der Waals surface area contributed by atoms with E-state index in [-0.39, 0.29) is 11.8 Å². The lowest BCUT2D eigenvalue weighted by Gasteiger charge is -2.09. The van der Waals surface area contributed by atoms with Crippen molar-refractivity contribution in [2.45, 2.75) is 20.3 Å². The maximum absolute atomic E-state index is 12.1. The molecule has 0 saturated heterocycles. The van der Waals surface area contributed by atoms with Crippen LogP contribution in [0.15, 0.2) is 48.5 Å². The van der Waals surface area contributed by atoms with E-state index in [0.717, 1.165) is 3.57 Å². The van der Waals surface area contributed by atoms with Crippen LogP contribution in [0.2, 0.25) is 0 Å². The molecule has 0 fully saturated rings.